The molecule has 0 radical (unpaired) electrons. The maximum atomic E-state index is 12.9. The highest BCUT2D eigenvalue weighted by atomic mass is 32.1. The summed E-state index contributed by atoms with van der Waals surface area (Å²) in [4.78, 5) is 42.1. The molecular weight excluding hydrogens is 348 g/mol. The van der Waals surface area contributed by atoms with Gasteiger partial charge in [0.05, 0.1) is 18.4 Å². The molecule has 1 aromatic rings. The van der Waals surface area contributed by atoms with Crippen molar-refractivity contribution in [2.45, 2.75) is 52.6 Å². The summed E-state index contributed by atoms with van der Waals surface area (Å²) in [5.41, 5.74) is 0. The molecule has 5 nitrogen and oxygen atoms in total. The summed E-state index contributed by atoms with van der Waals surface area (Å²) in [7, 11) is 0. The second kappa shape index (κ2) is 7.74. The number of amides is 3. The summed E-state index contributed by atoms with van der Waals surface area (Å²) in [5.74, 6) is -0.992. The topological polar surface area (TPSA) is 66.5 Å². The van der Waals surface area contributed by atoms with E-state index in [1.165, 1.54) is 9.78 Å². The lowest BCUT2D eigenvalue weighted by molar-refractivity contribution is -0.148. The molecule has 1 fully saturated rings. The van der Waals surface area contributed by atoms with Crippen molar-refractivity contribution >= 4 is 29.1 Å². The Kier molecular flexibility index (Phi) is 5.61. The average Bonchev–Trinajstić information content (AvgIpc) is 3.13. The first kappa shape index (κ1) is 18.8. The van der Waals surface area contributed by atoms with Crippen LogP contribution in [0.25, 0.3) is 0 Å². The van der Waals surface area contributed by atoms with Crippen LogP contribution in [-0.4, -0.2) is 28.7 Å². The molecule has 140 valence electrons. The van der Waals surface area contributed by atoms with Gasteiger partial charge in [-0.1, -0.05) is 26.0 Å². The van der Waals surface area contributed by atoms with Gasteiger partial charge in [0.1, 0.15) is 6.04 Å². The third-order valence-electron chi connectivity index (χ3n) is 5.08. The van der Waals surface area contributed by atoms with Crippen LogP contribution in [0.4, 0.5) is 0 Å². The van der Waals surface area contributed by atoms with Gasteiger partial charge in [0.15, 0.2) is 0 Å². The SMILES string of the molecule is Cc1ccc(CNC(=O)C(CC(C)C)N2C(=O)C3CC=CCC3C2=O)s1. The van der Waals surface area contributed by atoms with Crippen molar-refractivity contribution in [2.75, 3.05) is 0 Å². The molecule has 1 aromatic heterocycles. The van der Waals surface area contributed by atoms with E-state index in [4.69, 9.17) is 0 Å². The zero-order valence-electron chi connectivity index (χ0n) is 15.5. The summed E-state index contributed by atoms with van der Waals surface area (Å²) < 4.78 is 0. The van der Waals surface area contributed by atoms with Gasteiger partial charge in [0.2, 0.25) is 17.7 Å². The fraction of sp³-hybridized carbons (Fsp3) is 0.550. The minimum Gasteiger partial charge on any atom is -0.349 e. The van der Waals surface area contributed by atoms with E-state index in [0.717, 1.165) is 4.88 Å². The van der Waals surface area contributed by atoms with Crippen LogP contribution in [0.2, 0.25) is 0 Å². The van der Waals surface area contributed by atoms with Crippen LogP contribution in [0.5, 0.6) is 0 Å². The largest absolute Gasteiger partial charge is 0.349 e. The van der Waals surface area contributed by atoms with Crippen molar-refractivity contribution in [3.63, 3.8) is 0 Å². The Bertz CT molecular complexity index is 711. The first-order valence-corrected chi connectivity index (χ1v) is 10.0. The molecule has 1 saturated heterocycles. The van der Waals surface area contributed by atoms with Crippen molar-refractivity contribution in [3.05, 3.63) is 34.0 Å². The number of hydrogen-bond donors (Lipinski definition) is 1. The van der Waals surface area contributed by atoms with Crippen LogP contribution in [0, 0.1) is 24.7 Å². The maximum absolute atomic E-state index is 12.9. The standard InChI is InChI=1S/C20H26N2O3S/c1-12(2)10-17(18(23)21-11-14-9-8-13(3)26-14)22-19(24)15-6-4-5-7-16(15)20(22)25/h4-5,8-9,12,15-17H,6-7,10-11H2,1-3H3,(H,21,23). The smallest absolute Gasteiger partial charge is 0.243 e. The minimum atomic E-state index is -0.721. The van der Waals surface area contributed by atoms with Gasteiger partial charge in [-0.25, -0.2) is 0 Å². The molecule has 0 bridgehead atoms. The Labute approximate surface area is 158 Å². The van der Waals surface area contributed by atoms with Crippen molar-refractivity contribution in [1.82, 2.24) is 10.2 Å². The minimum absolute atomic E-state index is 0.183. The van der Waals surface area contributed by atoms with Crippen LogP contribution in [0.3, 0.4) is 0 Å². The highest BCUT2D eigenvalue weighted by Crippen LogP contribution is 2.37. The first-order valence-electron chi connectivity index (χ1n) is 9.23. The summed E-state index contributed by atoms with van der Waals surface area (Å²) in [6.45, 7) is 6.45. The monoisotopic (exact) mass is 374 g/mol. The number of fused-ring (bicyclic) bond motifs is 1. The molecule has 0 aromatic carbocycles. The summed E-state index contributed by atoms with van der Waals surface area (Å²) in [6, 6.07) is 3.29. The molecule has 3 unspecified atom stereocenters. The van der Waals surface area contributed by atoms with Crippen LogP contribution >= 0.6 is 11.3 Å². The van der Waals surface area contributed by atoms with Crippen molar-refractivity contribution < 1.29 is 14.4 Å². The van der Waals surface area contributed by atoms with Gasteiger partial charge in [-0.05, 0) is 44.2 Å². The fourth-order valence-electron chi connectivity index (χ4n) is 3.78. The van der Waals surface area contributed by atoms with Gasteiger partial charge in [-0.3, -0.25) is 19.3 Å². The van der Waals surface area contributed by atoms with E-state index >= 15 is 0 Å². The Morgan fingerprint density at radius 1 is 1.19 bits per heavy atom. The summed E-state index contributed by atoms with van der Waals surface area (Å²) in [5, 5.41) is 2.93. The lowest BCUT2D eigenvalue weighted by Crippen LogP contribution is -2.50. The van der Waals surface area contributed by atoms with Crippen molar-refractivity contribution in [2.24, 2.45) is 17.8 Å². The quantitative estimate of drug-likeness (QED) is 0.615. The Hall–Kier alpha value is -1.95. The number of carbonyl (C=O) groups is 3. The number of allylic oxidation sites excluding steroid dienone is 2. The van der Waals surface area contributed by atoms with E-state index in [9.17, 15) is 14.4 Å². The number of rotatable bonds is 6. The number of thiophene rings is 1. The number of likely N-dealkylation sites (tertiary alicyclic amines) is 1. The molecule has 6 heteroatoms. The highest BCUT2D eigenvalue weighted by Gasteiger charge is 2.51. The number of imide groups is 1. The number of nitrogens with one attached hydrogen (secondary N) is 1. The van der Waals surface area contributed by atoms with Gasteiger partial charge < -0.3 is 5.32 Å². The predicted molar refractivity (Wildman–Crippen MR) is 101 cm³/mol. The predicted octanol–water partition coefficient (Wildman–Crippen LogP) is 3.04. The lowest BCUT2D eigenvalue weighted by atomic mass is 9.85. The second-order valence-electron chi connectivity index (χ2n) is 7.58. The van der Waals surface area contributed by atoms with Crippen LogP contribution in [0.1, 0.15) is 42.9 Å². The Morgan fingerprint density at radius 3 is 2.31 bits per heavy atom. The number of carbonyl (C=O) groups excluding carboxylic acids is 3. The number of aryl methyl sites for hydroxylation is 1. The second-order valence-corrected chi connectivity index (χ2v) is 8.95. The normalized spacial score (nSPS) is 23.5. The van der Waals surface area contributed by atoms with Gasteiger partial charge in [0.25, 0.3) is 0 Å². The fourth-order valence-corrected chi connectivity index (χ4v) is 4.61. The third kappa shape index (κ3) is 3.75. The molecule has 3 amide bonds. The van der Waals surface area contributed by atoms with E-state index < -0.39 is 6.04 Å². The van der Waals surface area contributed by atoms with E-state index in [0.29, 0.717) is 25.8 Å². The van der Waals surface area contributed by atoms with E-state index in [2.05, 4.69) is 5.32 Å². The molecule has 0 saturated carbocycles. The molecule has 3 rings (SSSR count). The van der Waals surface area contributed by atoms with Crippen molar-refractivity contribution in [3.8, 4) is 0 Å². The molecule has 2 heterocycles. The van der Waals surface area contributed by atoms with Gasteiger partial charge in [-0.2, -0.15) is 0 Å². The van der Waals surface area contributed by atoms with Gasteiger partial charge in [0, 0.05) is 9.75 Å². The first-order chi connectivity index (χ1) is 12.4. The van der Waals surface area contributed by atoms with E-state index in [1.54, 1.807) is 11.3 Å². The van der Waals surface area contributed by atoms with Crippen molar-refractivity contribution in [1.29, 1.82) is 0 Å². The van der Waals surface area contributed by atoms with Crippen LogP contribution in [0.15, 0.2) is 24.3 Å². The maximum Gasteiger partial charge on any atom is 0.243 e. The van der Waals surface area contributed by atoms with E-state index in [1.807, 2.05) is 45.1 Å². The molecule has 1 aliphatic heterocycles. The zero-order chi connectivity index (χ0) is 18.8. The van der Waals surface area contributed by atoms with Crippen LogP contribution in [-0.2, 0) is 20.9 Å². The van der Waals surface area contributed by atoms with E-state index in [-0.39, 0.29) is 35.5 Å². The zero-order valence-corrected chi connectivity index (χ0v) is 16.3. The number of nitrogens with zero attached hydrogens (tertiary/aromatic N) is 1. The molecular formula is C20H26N2O3S. The molecule has 0 spiro atoms. The molecule has 26 heavy (non-hydrogen) atoms. The number of hydrogen-bond acceptors (Lipinski definition) is 4. The molecule has 3 atom stereocenters. The van der Waals surface area contributed by atoms with Crippen LogP contribution < -0.4 is 5.32 Å². The molecule has 2 aliphatic rings. The average molecular weight is 375 g/mol. The van der Waals surface area contributed by atoms with Gasteiger partial charge >= 0.3 is 0 Å². The summed E-state index contributed by atoms with van der Waals surface area (Å²) >= 11 is 1.63. The highest BCUT2D eigenvalue weighted by molar-refractivity contribution is 7.11. The third-order valence-corrected chi connectivity index (χ3v) is 6.08. The molecule has 1 N–H and O–H groups in total. The Morgan fingerprint density at radius 2 is 1.81 bits per heavy atom. The van der Waals surface area contributed by atoms with Gasteiger partial charge in [-0.15, -0.1) is 11.3 Å². The lowest BCUT2D eigenvalue weighted by Gasteiger charge is -2.27. The summed E-state index contributed by atoms with van der Waals surface area (Å²) in [6.07, 6.45) is 5.60. The molecule has 1 aliphatic carbocycles. The Balaban J connectivity index is 1.75.